The Morgan fingerprint density at radius 2 is 1.91 bits per heavy atom. The van der Waals surface area contributed by atoms with Gasteiger partial charge in [0.15, 0.2) is 5.82 Å². The summed E-state index contributed by atoms with van der Waals surface area (Å²) in [7, 11) is -4.34. The number of halogens is 5. The van der Waals surface area contributed by atoms with Gasteiger partial charge in [0, 0.05) is 6.20 Å². The van der Waals surface area contributed by atoms with E-state index in [1.807, 2.05) is 0 Å². The molecule has 1 N–H and O–H groups in total. The molecule has 0 saturated heterocycles. The zero-order valence-corrected chi connectivity index (χ0v) is 14.6. The van der Waals surface area contributed by atoms with Crippen molar-refractivity contribution >= 4 is 43.4 Å². The van der Waals surface area contributed by atoms with Crippen molar-refractivity contribution in [2.24, 2.45) is 0 Å². The lowest BCUT2D eigenvalue weighted by molar-refractivity contribution is -0.137. The van der Waals surface area contributed by atoms with Crippen LogP contribution in [0.4, 0.5) is 19.0 Å². The number of benzene rings is 1. The molecule has 2 aromatic rings. The van der Waals surface area contributed by atoms with E-state index >= 15 is 0 Å². The Balaban J connectivity index is 2.47. The van der Waals surface area contributed by atoms with E-state index < -0.39 is 26.7 Å². The molecule has 0 aliphatic rings. The number of aryl methyl sites for hydroxylation is 1. The maximum absolute atomic E-state index is 12.7. The second-order valence-corrected chi connectivity index (χ2v) is 7.50. The van der Waals surface area contributed by atoms with Gasteiger partial charge in [0.2, 0.25) is 0 Å². The van der Waals surface area contributed by atoms with Gasteiger partial charge in [-0.25, -0.2) is 13.4 Å². The lowest BCUT2D eigenvalue weighted by Crippen LogP contribution is -2.16. The quantitative estimate of drug-likeness (QED) is 0.774. The van der Waals surface area contributed by atoms with Crippen LogP contribution in [0.1, 0.15) is 11.1 Å². The number of nitrogens with one attached hydrogen (secondary N) is 1. The summed E-state index contributed by atoms with van der Waals surface area (Å²) in [6, 6.07) is 3.68. The van der Waals surface area contributed by atoms with Gasteiger partial charge in [-0.05, 0) is 52.7 Å². The highest BCUT2D eigenvalue weighted by Crippen LogP contribution is 2.34. The second-order valence-electron chi connectivity index (χ2n) is 4.59. The zero-order chi connectivity index (χ0) is 17.4. The number of rotatable bonds is 3. The summed E-state index contributed by atoms with van der Waals surface area (Å²) in [6.45, 7) is 1.75. The molecule has 0 spiro atoms. The van der Waals surface area contributed by atoms with Crippen LogP contribution in [-0.4, -0.2) is 13.4 Å². The fourth-order valence-electron chi connectivity index (χ4n) is 1.68. The molecule has 0 aliphatic heterocycles. The van der Waals surface area contributed by atoms with Gasteiger partial charge in [-0.1, -0.05) is 11.6 Å². The van der Waals surface area contributed by atoms with Gasteiger partial charge in [-0.3, -0.25) is 4.72 Å². The van der Waals surface area contributed by atoms with E-state index in [9.17, 15) is 21.6 Å². The van der Waals surface area contributed by atoms with Crippen molar-refractivity contribution < 1.29 is 21.6 Å². The first-order valence-corrected chi connectivity index (χ1v) is 8.68. The first-order valence-electron chi connectivity index (χ1n) is 6.02. The van der Waals surface area contributed by atoms with Gasteiger partial charge in [-0.2, -0.15) is 13.2 Å². The topological polar surface area (TPSA) is 59.1 Å². The summed E-state index contributed by atoms with van der Waals surface area (Å²) in [6.07, 6.45) is -3.27. The number of sulfonamides is 1. The number of anilines is 1. The minimum absolute atomic E-state index is 0.0518. The molecule has 0 saturated carbocycles. The average molecular weight is 430 g/mol. The van der Waals surface area contributed by atoms with Crippen LogP contribution in [0.15, 0.2) is 39.8 Å². The third-order valence-corrected chi connectivity index (χ3v) is 5.18. The Morgan fingerprint density at radius 1 is 1.26 bits per heavy atom. The van der Waals surface area contributed by atoms with E-state index in [0.29, 0.717) is 16.6 Å². The molecule has 0 fully saturated rings. The molecule has 4 nitrogen and oxygen atoms in total. The molecular weight excluding hydrogens is 421 g/mol. The van der Waals surface area contributed by atoms with Gasteiger partial charge < -0.3 is 0 Å². The van der Waals surface area contributed by atoms with Crippen molar-refractivity contribution in [2.75, 3.05) is 4.72 Å². The molecule has 0 bridgehead atoms. The smallest absolute Gasteiger partial charge is 0.262 e. The van der Waals surface area contributed by atoms with Crippen LogP contribution < -0.4 is 4.72 Å². The standard InChI is InChI=1S/C13H9BrClF3N2O2S/c1-7-4-9(14)12(19-6-7)20-23(21,22)11-5-8(13(16,17)18)2-3-10(11)15/h2-6H,1H3,(H,19,20). The molecule has 124 valence electrons. The molecule has 2 rings (SSSR count). The van der Waals surface area contributed by atoms with E-state index in [0.717, 1.165) is 11.6 Å². The third kappa shape index (κ3) is 4.15. The summed E-state index contributed by atoms with van der Waals surface area (Å²) in [5.74, 6) is -0.0518. The SMILES string of the molecule is Cc1cnc(NS(=O)(=O)c2cc(C(F)(F)F)ccc2Cl)c(Br)c1. The van der Waals surface area contributed by atoms with E-state index in [4.69, 9.17) is 11.6 Å². The van der Waals surface area contributed by atoms with E-state index in [-0.39, 0.29) is 10.8 Å². The fourth-order valence-corrected chi connectivity index (χ4v) is 3.93. The van der Waals surface area contributed by atoms with E-state index in [1.54, 1.807) is 13.0 Å². The van der Waals surface area contributed by atoms with Crippen molar-refractivity contribution in [1.29, 1.82) is 0 Å². The Bertz CT molecular complexity index is 857. The molecule has 23 heavy (non-hydrogen) atoms. The van der Waals surface area contributed by atoms with Crippen molar-refractivity contribution in [2.45, 2.75) is 18.0 Å². The molecule has 1 aromatic carbocycles. The largest absolute Gasteiger partial charge is 0.416 e. The third-order valence-electron chi connectivity index (χ3n) is 2.76. The number of nitrogens with zero attached hydrogens (tertiary/aromatic N) is 1. The molecule has 0 aliphatic carbocycles. The van der Waals surface area contributed by atoms with Crippen LogP contribution in [0.5, 0.6) is 0 Å². The van der Waals surface area contributed by atoms with Crippen LogP contribution in [-0.2, 0) is 16.2 Å². The molecule has 1 aromatic heterocycles. The molecule has 10 heteroatoms. The van der Waals surface area contributed by atoms with Gasteiger partial charge in [0.25, 0.3) is 10.0 Å². The summed E-state index contributed by atoms with van der Waals surface area (Å²) >= 11 is 8.88. The number of hydrogen-bond acceptors (Lipinski definition) is 3. The predicted octanol–water partition coefficient (Wildman–Crippen LogP) is 4.63. The summed E-state index contributed by atoms with van der Waals surface area (Å²) in [4.78, 5) is 3.21. The van der Waals surface area contributed by atoms with Gasteiger partial charge in [0.05, 0.1) is 15.1 Å². The highest BCUT2D eigenvalue weighted by molar-refractivity contribution is 9.10. The van der Waals surface area contributed by atoms with Crippen molar-refractivity contribution in [3.63, 3.8) is 0 Å². The number of alkyl halides is 3. The Kier molecular flexibility index (Phi) is 4.93. The molecule has 1 heterocycles. The van der Waals surface area contributed by atoms with Crippen molar-refractivity contribution in [1.82, 2.24) is 4.98 Å². The van der Waals surface area contributed by atoms with Gasteiger partial charge in [0.1, 0.15) is 4.90 Å². The fraction of sp³-hybridized carbons (Fsp3) is 0.154. The lowest BCUT2D eigenvalue weighted by Gasteiger charge is -2.13. The maximum Gasteiger partial charge on any atom is 0.416 e. The highest BCUT2D eigenvalue weighted by atomic mass is 79.9. The Labute approximate surface area is 143 Å². The minimum atomic E-state index is -4.68. The van der Waals surface area contributed by atoms with E-state index in [1.165, 1.54) is 6.20 Å². The Hall–Kier alpha value is -1.32. The summed E-state index contributed by atoms with van der Waals surface area (Å²) in [5.41, 5.74) is -0.338. The molecular formula is C13H9BrClF3N2O2S. The monoisotopic (exact) mass is 428 g/mol. The first kappa shape index (κ1) is 18.0. The average Bonchev–Trinajstić information content (AvgIpc) is 2.41. The lowest BCUT2D eigenvalue weighted by atomic mass is 10.2. The molecule has 0 atom stereocenters. The first-order chi connectivity index (χ1) is 10.5. The number of hydrogen-bond donors (Lipinski definition) is 1. The maximum atomic E-state index is 12.7. The number of pyridine rings is 1. The predicted molar refractivity (Wildman–Crippen MR) is 83.9 cm³/mol. The number of aromatic nitrogens is 1. The second kappa shape index (κ2) is 6.29. The minimum Gasteiger partial charge on any atom is -0.262 e. The van der Waals surface area contributed by atoms with Crippen LogP contribution in [0.3, 0.4) is 0 Å². The Morgan fingerprint density at radius 3 is 2.48 bits per heavy atom. The highest BCUT2D eigenvalue weighted by Gasteiger charge is 2.33. The summed E-state index contributed by atoms with van der Waals surface area (Å²) < 4.78 is 65.3. The zero-order valence-electron chi connectivity index (χ0n) is 11.4. The summed E-state index contributed by atoms with van der Waals surface area (Å²) in [5, 5.41) is -0.325. The van der Waals surface area contributed by atoms with Crippen LogP contribution in [0.25, 0.3) is 0 Å². The van der Waals surface area contributed by atoms with Crippen LogP contribution in [0, 0.1) is 6.92 Å². The van der Waals surface area contributed by atoms with Crippen LogP contribution in [0.2, 0.25) is 5.02 Å². The molecule has 0 unspecified atom stereocenters. The normalized spacial score (nSPS) is 12.3. The molecule has 0 amide bonds. The van der Waals surface area contributed by atoms with Crippen LogP contribution >= 0.6 is 27.5 Å². The van der Waals surface area contributed by atoms with Gasteiger partial charge in [-0.15, -0.1) is 0 Å². The molecule has 0 radical (unpaired) electrons. The van der Waals surface area contributed by atoms with Crippen molar-refractivity contribution in [3.05, 3.63) is 51.1 Å². The van der Waals surface area contributed by atoms with Gasteiger partial charge >= 0.3 is 6.18 Å². The van der Waals surface area contributed by atoms with Crippen molar-refractivity contribution in [3.8, 4) is 0 Å². The van der Waals surface area contributed by atoms with E-state index in [2.05, 4.69) is 25.6 Å².